The van der Waals surface area contributed by atoms with Crippen LogP contribution in [0.15, 0.2) is 47.6 Å². The molecule has 0 atom stereocenters. The minimum atomic E-state index is -1.17. The van der Waals surface area contributed by atoms with Crippen molar-refractivity contribution in [1.82, 2.24) is 5.43 Å². The highest BCUT2D eigenvalue weighted by molar-refractivity contribution is 6.39. The summed E-state index contributed by atoms with van der Waals surface area (Å²) in [5, 5.41) is 27.4. The number of nitro groups is 1. The first-order chi connectivity index (χ1) is 11.9. The first kappa shape index (κ1) is 17.5. The molecule has 2 aromatic rings. The number of hydrazone groups is 1. The van der Waals surface area contributed by atoms with Gasteiger partial charge in [-0.05, 0) is 17.9 Å². The average Bonchev–Trinajstić information content (AvgIpc) is 2.58. The van der Waals surface area contributed by atoms with Crippen molar-refractivity contribution in [2.24, 2.45) is 5.10 Å². The fourth-order valence-corrected chi connectivity index (χ4v) is 1.72. The Balaban J connectivity index is 1.98. The van der Waals surface area contributed by atoms with Crippen molar-refractivity contribution in [2.45, 2.75) is 0 Å². The normalized spacial score (nSPS) is 10.4. The standard InChI is InChI=1S/C15H11FN4O5/c16-10-3-1-2-4-11(10)18-14(22)15(23)19-17-8-9-5-6-13(21)12(7-9)20(24)25/h1-8,21H,(H,18,22)(H,19,23)/p-1/b17-8-. The van der Waals surface area contributed by atoms with E-state index in [4.69, 9.17) is 0 Å². The average molecular weight is 345 g/mol. The Kier molecular flexibility index (Phi) is 5.36. The van der Waals surface area contributed by atoms with E-state index in [-0.39, 0.29) is 11.3 Å². The van der Waals surface area contributed by atoms with E-state index in [0.717, 1.165) is 24.4 Å². The monoisotopic (exact) mass is 345 g/mol. The van der Waals surface area contributed by atoms with Gasteiger partial charge in [-0.1, -0.05) is 24.3 Å². The summed E-state index contributed by atoms with van der Waals surface area (Å²) in [7, 11) is 0. The predicted octanol–water partition coefficient (Wildman–Crippen LogP) is 0.896. The first-order valence-electron chi connectivity index (χ1n) is 6.73. The molecule has 0 aliphatic rings. The number of nitrogens with one attached hydrogen (secondary N) is 2. The molecule has 25 heavy (non-hydrogen) atoms. The van der Waals surface area contributed by atoms with E-state index in [1.807, 2.05) is 5.43 Å². The molecule has 2 N–H and O–H groups in total. The lowest BCUT2D eigenvalue weighted by atomic mass is 10.2. The third kappa shape index (κ3) is 4.58. The van der Waals surface area contributed by atoms with Gasteiger partial charge in [-0.25, -0.2) is 9.82 Å². The van der Waals surface area contributed by atoms with Crippen LogP contribution in [-0.2, 0) is 9.59 Å². The molecule has 0 saturated heterocycles. The molecule has 0 spiro atoms. The van der Waals surface area contributed by atoms with Crippen LogP contribution in [0, 0.1) is 15.9 Å². The Morgan fingerprint density at radius 2 is 1.88 bits per heavy atom. The number of hydrogen-bond acceptors (Lipinski definition) is 6. The van der Waals surface area contributed by atoms with Crippen molar-refractivity contribution in [3.63, 3.8) is 0 Å². The number of halogens is 1. The quantitative estimate of drug-likeness (QED) is 0.367. The van der Waals surface area contributed by atoms with E-state index >= 15 is 0 Å². The van der Waals surface area contributed by atoms with Gasteiger partial charge in [0.1, 0.15) is 5.82 Å². The smallest absolute Gasteiger partial charge is 0.329 e. The second-order valence-corrected chi connectivity index (χ2v) is 4.62. The van der Waals surface area contributed by atoms with Crippen LogP contribution in [0.4, 0.5) is 15.8 Å². The minimum Gasteiger partial charge on any atom is -0.868 e. The third-order valence-electron chi connectivity index (χ3n) is 2.89. The van der Waals surface area contributed by atoms with Gasteiger partial charge in [-0.15, -0.1) is 0 Å². The van der Waals surface area contributed by atoms with E-state index in [2.05, 4.69) is 10.4 Å². The molecule has 2 aromatic carbocycles. The number of carbonyl (C=O) groups is 2. The van der Waals surface area contributed by atoms with Gasteiger partial charge in [0.2, 0.25) is 0 Å². The molecule has 0 heterocycles. The Bertz CT molecular complexity index is 869. The summed E-state index contributed by atoms with van der Waals surface area (Å²) >= 11 is 0. The van der Waals surface area contributed by atoms with Gasteiger partial charge in [0.05, 0.1) is 16.8 Å². The number of hydrogen-bond donors (Lipinski definition) is 2. The number of nitro benzene ring substituents is 1. The summed E-state index contributed by atoms with van der Waals surface area (Å²) in [6.45, 7) is 0. The molecule has 0 aromatic heterocycles. The molecule has 2 amide bonds. The van der Waals surface area contributed by atoms with Crippen LogP contribution in [-0.4, -0.2) is 23.0 Å². The molecule has 0 bridgehead atoms. The summed E-state index contributed by atoms with van der Waals surface area (Å²) in [6.07, 6.45) is 1.01. The van der Waals surface area contributed by atoms with Crippen molar-refractivity contribution in [3.05, 3.63) is 64.0 Å². The molecule has 2 rings (SSSR count). The Hall–Kier alpha value is -3.82. The molecule has 0 saturated carbocycles. The minimum absolute atomic E-state index is 0.168. The molecule has 9 nitrogen and oxygen atoms in total. The maximum absolute atomic E-state index is 13.4. The number of nitrogens with zero attached hydrogens (tertiary/aromatic N) is 2. The second kappa shape index (κ2) is 7.64. The van der Waals surface area contributed by atoms with Gasteiger partial charge in [-0.2, -0.15) is 5.10 Å². The molecule has 0 unspecified atom stereocenters. The van der Waals surface area contributed by atoms with Crippen LogP contribution < -0.4 is 15.8 Å². The number of benzene rings is 2. The lowest BCUT2D eigenvalue weighted by Crippen LogP contribution is -2.32. The zero-order valence-corrected chi connectivity index (χ0v) is 12.4. The largest absolute Gasteiger partial charge is 0.868 e. The SMILES string of the molecule is O=C(N/N=C\c1ccc([O-])c([N+](=O)[O-])c1)C(=O)Nc1ccccc1F. The highest BCUT2D eigenvalue weighted by Crippen LogP contribution is 2.22. The van der Waals surface area contributed by atoms with Crippen molar-refractivity contribution in [3.8, 4) is 5.75 Å². The van der Waals surface area contributed by atoms with Gasteiger partial charge in [0.15, 0.2) is 0 Å². The lowest BCUT2D eigenvalue weighted by Gasteiger charge is -2.06. The van der Waals surface area contributed by atoms with Gasteiger partial charge in [0, 0.05) is 11.6 Å². The van der Waals surface area contributed by atoms with Crippen molar-refractivity contribution < 1.29 is 24.0 Å². The lowest BCUT2D eigenvalue weighted by molar-refractivity contribution is -0.398. The van der Waals surface area contributed by atoms with Gasteiger partial charge in [0.25, 0.3) is 5.69 Å². The third-order valence-corrected chi connectivity index (χ3v) is 2.89. The summed E-state index contributed by atoms with van der Waals surface area (Å²) in [4.78, 5) is 33.0. The van der Waals surface area contributed by atoms with E-state index < -0.39 is 34.0 Å². The Labute approximate surface area is 139 Å². The highest BCUT2D eigenvalue weighted by atomic mass is 19.1. The van der Waals surface area contributed by atoms with Crippen molar-refractivity contribution in [2.75, 3.05) is 5.32 Å². The molecule has 0 radical (unpaired) electrons. The van der Waals surface area contributed by atoms with Crippen LogP contribution in [0.25, 0.3) is 0 Å². The fraction of sp³-hybridized carbons (Fsp3) is 0. The number of rotatable bonds is 4. The summed E-state index contributed by atoms with van der Waals surface area (Å²) in [5.74, 6) is -3.80. The van der Waals surface area contributed by atoms with Crippen LogP contribution >= 0.6 is 0 Å². The number of amides is 2. The van der Waals surface area contributed by atoms with Gasteiger partial charge in [-0.3, -0.25) is 19.7 Å². The zero-order valence-electron chi connectivity index (χ0n) is 12.4. The molecular weight excluding hydrogens is 335 g/mol. The van der Waals surface area contributed by atoms with Gasteiger partial charge >= 0.3 is 11.8 Å². The summed E-state index contributed by atoms with van der Waals surface area (Å²) in [6, 6.07) is 8.47. The highest BCUT2D eigenvalue weighted by Gasteiger charge is 2.14. The number of anilines is 1. The zero-order chi connectivity index (χ0) is 18.4. The fourth-order valence-electron chi connectivity index (χ4n) is 1.72. The molecule has 0 aliphatic carbocycles. The molecule has 10 heteroatoms. The maximum Gasteiger partial charge on any atom is 0.329 e. The van der Waals surface area contributed by atoms with E-state index in [0.29, 0.717) is 0 Å². The molecule has 0 fully saturated rings. The Morgan fingerprint density at radius 3 is 2.56 bits per heavy atom. The summed E-state index contributed by atoms with van der Waals surface area (Å²) in [5.41, 5.74) is 1.23. The number of para-hydroxylation sites is 1. The second-order valence-electron chi connectivity index (χ2n) is 4.62. The maximum atomic E-state index is 13.4. The molecule has 128 valence electrons. The molecular formula is C15H10FN4O5-. The van der Waals surface area contributed by atoms with Crippen LogP contribution in [0.5, 0.6) is 5.75 Å². The van der Waals surface area contributed by atoms with E-state index in [9.17, 15) is 29.2 Å². The van der Waals surface area contributed by atoms with Crippen LogP contribution in [0.2, 0.25) is 0 Å². The number of carbonyl (C=O) groups excluding carboxylic acids is 2. The predicted molar refractivity (Wildman–Crippen MR) is 83.3 cm³/mol. The topological polar surface area (TPSA) is 137 Å². The van der Waals surface area contributed by atoms with E-state index in [1.54, 1.807) is 0 Å². The van der Waals surface area contributed by atoms with E-state index in [1.165, 1.54) is 24.3 Å². The molecule has 0 aliphatic heterocycles. The summed E-state index contributed by atoms with van der Waals surface area (Å²) < 4.78 is 13.4. The van der Waals surface area contributed by atoms with Crippen LogP contribution in [0.3, 0.4) is 0 Å². The Morgan fingerprint density at radius 1 is 1.16 bits per heavy atom. The van der Waals surface area contributed by atoms with Crippen molar-refractivity contribution >= 4 is 29.4 Å². The first-order valence-corrected chi connectivity index (χ1v) is 6.73. The van der Waals surface area contributed by atoms with Crippen LogP contribution in [0.1, 0.15) is 5.56 Å². The van der Waals surface area contributed by atoms with Crippen molar-refractivity contribution in [1.29, 1.82) is 0 Å². The van der Waals surface area contributed by atoms with Gasteiger partial charge < -0.3 is 10.4 Å².